The van der Waals surface area contributed by atoms with Gasteiger partial charge in [-0.05, 0) is 82.8 Å². The molecule has 4 saturated heterocycles. The lowest BCUT2D eigenvalue weighted by Gasteiger charge is -2.46. The molecule has 17 heteroatoms. The molecule has 0 amide bonds. The van der Waals surface area contributed by atoms with Gasteiger partial charge in [0.25, 0.3) is 0 Å². The highest BCUT2D eigenvalue weighted by Crippen LogP contribution is 2.43. The first-order valence-electron chi connectivity index (χ1n) is 19.5. The van der Waals surface area contributed by atoms with Gasteiger partial charge in [-0.15, -0.1) is 5.10 Å². The average molecular weight is 783 g/mol. The molecule has 4 fully saturated rings. The molecule has 0 aromatic carbocycles. The maximum Gasteiger partial charge on any atom is 0.316 e. The van der Waals surface area contributed by atoms with Gasteiger partial charge < -0.3 is 49.3 Å². The molecule has 5 rings (SSSR count). The van der Waals surface area contributed by atoms with Crippen molar-refractivity contribution in [2.75, 3.05) is 33.3 Å². The number of hydrogen-bond acceptors (Lipinski definition) is 15. The molecule has 1 unspecified atom stereocenters. The Morgan fingerprint density at radius 3 is 2.57 bits per heavy atom. The van der Waals surface area contributed by atoms with Gasteiger partial charge in [-0.2, -0.15) is 0 Å². The van der Waals surface area contributed by atoms with Gasteiger partial charge in [-0.25, -0.2) is 4.45 Å². The summed E-state index contributed by atoms with van der Waals surface area (Å²) in [6.45, 7) is 14.2. The topological polar surface area (TPSA) is 199 Å². The molecule has 1 aromatic heterocycles. The molecule has 0 spiro atoms. The molecule has 0 radical (unpaired) electrons. The minimum atomic E-state index is -1.88. The first-order chi connectivity index (χ1) is 25.5. The van der Waals surface area contributed by atoms with E-state index in [1.807, 2.05) is 27.1 Å². The fraction of sp³-hybridized carbons (Fsp3) is 0.865. The van der Waals surface area contributed by atoms with Crippen molar-refractivity contribution in [2.45, 2.75) is 147 Å². The second kappa shape index (κ2) is 18.0. The fourth-order valence-electron chi connectivity index (χ4n) is 8.64. The third-order valence-electron chi connectivity index (χ3n) is 12.1. The second-order valence-corrected chi connectivity index (χ2v) is 16.9. The standard InChI is InChI=1S/C37H63N6O10P/c1-9-28-37(7,48)32(46)21(3)29(40-53-26-11-10-13-38-17-26)24-16-36(6,49-19-24)33(22(4)30(44)23(5)34(47)51-28)52-35-31(45)27(15-20(2)50-35)42(8)14-12-25-18-43(54)41-39-25/h18,20-24,26-28,31-33,35,38,45-46,48H,9-17,19,54H2,1-8H3/b40-29-/t20-,21+,22+,23-,24+,26-,27+,28-,31-,32-,33-,35+,36-,37-/m1/s1. The molecule has 0 saturated carbocycles. The Balaban J connectivity index is 1.47. The molecular weight excluding hydrogens is 719 g/mol. The van der Waals surface area contributed by atoms with Crippen LogP contribution in [0.3, 0.4) is 0 Å². The van der Waals surface area contributed by atoms with E-state index >= 15 is 0 Å². The highest BCUT2D eigenvalue weighted by atomic mass is 31.0. The van der Waals surface area contributed by atoms with E-state index in [1.54, 1.807) is 25.2 Å². The number of nitrogens with zero attached hydrogens (tertiary/aromatic N) is 5. The van der Waals surface area contributed by atoms with Crippen molar-refractivity contribution in [3.8, 4) is 0 Å². The lowest BCUT2D eigenvalue weighted by Crippen LogP contribution is -2.59. The van der Waals surface area contributed by atoms with Crippen LogP contribution in [0.2, 0.25) is 0 Å². The first-order valence-corrected chi connectivity index (χ1v) is 20.1. The molecule has 4 aliphatic rings. The number of carbonyl (C=O) groups excluding carboxylic acids is 2. The Morgan fingerprint density at radius 1 is 1.19 bits per heavy atom. The molecule has 306 valence electrons. The zero-order chi connectivity index (χ0) is 39.5. The van der Waals surface area contributed by atoms with Crippen LogP contribution in [-0.4, -0.2) is 146 Å². The van der Waals surface area contributed by atoms with Crippen molar-refractivity contribution in [2.24, 2.45) is 28.8 Å². The maximum atomic E-state index is 14.2. The van der Waals surface area contributed by atoms with Gasteiger partial charge in [-0.1, -0.05) is 31.1 Å². The van der Waals surface area contributed by atoms with Crippen LogP contribution in [0.25, 0.3) is 0 Å². The van der Waals surface area contributed by atoms with Crippen molar-refractivity contribution in [3.63, 3.8) is 0 Å². The van der Waals surface area contributed by atoms with E-state index in [-0.39, 0.29) is 31.3 Å². The third-order valence-corrected chi connectivity index (χ3v) is 12.3. The maximum absolute atomic E-state index is 14.2. The summed E-state index contributed by atoms with van der Waals surface area (Å²) < 4.78 is 27.0. The number of hydrogen-bond donors (Lipinski definition) is 4. The van der Waals surface area contributed by atoms with Crippen molar-refractivity contribution in [1.82, 2.24) is 25.0 Å². The van der Waals surface area contributed by atoms with E-state index in [2.05, 4.69) is 35.1 Å². The molecule has 5 heterocycles. The Bertz CT molecular complexity index is 1460. The minimum absolute atomic E-state index is 0.167. The van der Waals surface area contributed by atoms with Crippen LogP contribution < -0.4 is 5.32 Å². The van der Waals surface area contributed by atoms with Gasteiger partial charge in [-0.3, -0.25) is 9.59 Å². The van der Waals surface area contributed by atoms with Gasteiger partial charge in [0.2, 0.25) is 0 Å². The van der Waals surface area contributed by atoms with Crippen molar-refractivity contribution >= 4 is 26.9 Å². The van der Waals surface area contributed by atoms with Crippen LogP contribution >= 0.6 is 9.39 Å². The number of fused-ring (bicyclic) bond motifs is 2. The van der Waals surface area contributed by atoms with Gasteiger partial charge in [0.1, 0.15) is 29.8 Å². The number of cyclic esters (lactones) is 1. The number of aromatic nitrogens is 3. The van der Waals surface area contributed by atoms with Crippen LogP contribution in [0, 0.1) is 23.7 Å². The summed E-state index contributed by atoms with van der Waals surface area (Å²) in [7, 11) is 4.39. The van der Waals surface area contributed by atoms with Crippen molar-refractivity contribution in [1.29, 1.82) is 0 Å². The Labute approximate surface area is 321 Å². The van der Waals surface area contributed by atoms with Gasteiger partial charge in [0, 0.05) is 43.3 Å². The van der Waals surface area contributed by atoms with E-state index in [0.717, 1.165) is 25.1 Å². The molecule has 16 nitrogen and oxygen atoms in total. The zero-order valence-corrected chi connectivity index (χ0v) is 34.2. The second-order valence-electron chi connectivity index (χ2n) is 16.4. The molecule has 4 N–H and O–H groups in total. The lowest BCUT2D eigenvalue weighted by atomic mass is 9.75. The molecule has 15 atom stereocenters. The van der Waals surface area contributed by atoms with E-state index in [1.165, 1.54) is 13.8 Å². The third kappa shape index (κ3) is 9.51. The van der Waals surface area contributed by atoms with Crippen LogP contribution in [0.1, 0.15) is 86.3 Å². The molecule has 54 heavy (non-hydrogen) atoms. The number of aliphatic hydroxyl groups is 3. The molecule has 4 aliphatic heterocycles. The zero-order valence-electron chi connectivity index (χ0n) is 33.1. The predicted molar refractivity (Wildman–Crippen MR) is 201 cm³/mol. The summed E-state index contributed by atoms with van der Waals surface area (Å²) in [5.74, 6) is -4.53. The summed E-state index contributed by atoms with van der Waals surface area (Å²) in [6.07, 6.45) is -0.918. The molecular formula is C37H63N6O10P. The summed E-state index contributed by atoms with van der Waals surface area (Å²) in [5.41, 5.74) is -1.70. The van der Waals surface area contributed by atoms with E-state index in [9.17, 15) is 24.9 Å². The van der Waals surface area contributed by atoms with E-state index in [4.69, 9.17) is 23.8 Å². The number of piperidine rings is 1. The summed E-state index contributed by atoms with van der Waals surface area (Å²) in [5, 5.41) is 51.5. The van der Waals surface area contributed by atoms with Crippen molar-refractivity contribution < 1.29 is 48.7 Å². The quantitative estimate of drug-likeness (QED) is 0.122. The minimum Gasteiger partial charge on any atom is -0.459 e. The number of carbonyl (C=O) groups is 2. The fourth-order valence-corrected chi connectivity index (χ4v) is 8.86. The van der Waals surface area contributed by atoms with E-state index in [0.29, 0.717) is 38.1 Å². The Kier molecular flexibility index (Phi) is 14.3. The number of likely N-dealkylation sites (N-methyl/N-ethyl adjacent to an activating group) is 1. The van der Waals surface area contributed by atoms with Gasteiger partial charge in [0.15, 0.2) is 12.1 Å². The number of nitrogens with one attached hydrogen (secondary N) is 1. The molecule has 1 aromatic rings. The smallest absolute Gasteiger partial charge is 0.316 e. The normalized spacial score (nSPS) is 42.2. The SMILES string of the molecule is CC[C@H]1OC(=O)[C@H](C)C(=O)[C@H](C)[C@@H](O[C@@H]2O[C@H](C)C[C@H](N(C)CCc3cn(P)nn3)[C@H]2O)[C@@]2(C)C[C@@H](CO2)/C(=N\O[C@@H]2CCCNC2)[C@H](C)[C@@H](O)[C@]1(C)O. The highest BCUT2D eigenvalue weighted by Gasteiger charge is 2.55. The summed E-state index contributed by atoms with van der Waals surface area (Å²) in [6, 6.07) is -0.334. The van der Waals surface area contributed by atoms with Crippen LogP contribution in [0.15, 0.2) is 11.4 Å². The molecule has 2 bridgehead atoms. The number of rotatable bonds is 9. The molecule has 0 aliphatic carbocycles. The number of Topliss-reactive ketones (excluding diaryl/α,β-unsaturated/α-hetero) is 1. The number of ketones is 1. The summed E-state index contributed by atoms with van der Waals surface area (Å²) >= 11 is 0. The van der Waals surface area contributed by atoms with Gasteiger partial charge >= 0.3 is 5.97 Å². The predicted octanol–water partition coefficient (Wildman–Crippen LogP) is 1.48. The Morgan fingerprint density at radius 2 is 1.93 bits per heavy atom. The van der Waals surface area contributed by atoms with E-state index < -0.39 is 77.3 Å². The number of ether oxygens (including phenoxy) is 4. The summed E-state index contributed by atoms with van der Waals surface area (Å²) in [4.78, 5) is 36.0. The van der Waals surface area contributed by atoms with Gasteiger partial charge in [0.05, 0.1) is 48.1 Å². The largest absolute Gasteiger partial charge is 0.459 e. The van der Waals surface area contributed by atoms with Crippen LogP contribution in [-0.2, 0) is 39.8 Å². The van der Waals surface area contributed by atoms with Crippen molar-refractivity contribution in [3.05, 3.63) is 11.9 Å². The number of oxime groups is 1. The number of aliphatic hydroxyl groups excluding tert-OH is 2. The first kappa shape index (κ1) is 43.0. The number of esters is 1. The average Bonchev–Trinajstić information content (AvgIpc) is 3.76. The van der Waals surface area contributed by atoms with Crippen LogP contribution in [0.4, 0.5) is 0 Å². The Hall–Kier alpha value is -2.14. The highest BCUT2D eigenvalue weighted by molar-refractivity contribution is 7.14. The monoisotopic (exact) mass is 782 g/mol. The lowest BCUT2D eigenvalue weighted by molar-refractivity contribution is -0.293. The van der Waals surface area contributed by atoms with Crippen LogP contribution in [0.5, 0.6) is 0 Å².